The maximum Gasteiger partial charge on any atom is 0.0450 e. The highest BCUT2D eigenvalue weighted by atomic mass is 15.2. The van der Waals surface area contributed by atoms with Gasteiger partial charge in [0.15, 0.2) is 0 Å². The fraction of sp³-hybridized carbons (Fsp3) is 0.667. The van der Waals surface area contributed by atoms with E-state index >= 15 is 0 Å². The molecule has 2 N–H and O–H groups in total. The highest BCUT2D eigenvalue weighted by Gasteiger charge is 2.24. The largest absolute Gasteiger partial charge is 0.368 e. The predicted molar refractivity (Wildman–Crippen MR) is 76.9 cm³/mol. The van der Waals surface area contributed by atoms with Gasteiger partial charge in [0, 0.05) is 41.8 Å². The van der Waals surface area contributed by atoms with Gasteiger partial charge in [-0.05, 0) is 39.7 Å². The molecule has 0 radical (unpaired) electrons. The van der Waals surface area contributed by atoms with Crippen molar-refractivity contribution in [3.8, 4) is 0 Å². The molecule has 0 bridgehead atoms. The summed E-state index contributed by atoms with van der Waals surface area (Å²) in [6.45, 7) is 8.02. The van der Waals surface area contributed by atoms with E-state index in [0.29, 0.717) is 12.6 Å². The van der Waals surface area contributed by atoms with Gasteiger partial charge in [0.1, 0.15) is 0 Å². The van der Waals surface area contributed by atoms with Crippen molar-refractivity contribution in [3.05, 3.63) is 23.0 Å². The van der Waals surface area contributed by atoms with Gasteiger partial charge in [0.2, 0.25) is 0 Å². The van der Waals surface area contributed by atoms with Crippen molar-refractivity contribution in [1.29, 1.82) is 0 Å². The highest BCUT2D eigenvalue weighted by Crippen LogP contribution is 2.31. The molecular formula is C15H25N3. The second-order valence-corrected chi connectivity index (χ2v) is 5.28. The standard InChI is InChI=1S/C15H25N3/c1-4-18(13-7-5-6-8-13)15-9-11(2)17-12(3)14(15)10-16/h9,13H,4-8,10,16H2,1-3H3. The van der Waals surface area contributed by atoms with Crippen LogP contribution in [0.25, 0.3) is 0 Å². The number of anilines is 1. The minimum atomic E-state index is 0.581. The van der Waals surface area contributed by atoms with Crippen LogP contribution in [0.5, 0.6) is 0 Å². The van der Waals surface area contributed by atoms with Crippen molar-refractivity contribution in [2.75, 3.05) is 11.4 Å². The van der Waals surface area contributed by atoms with Gasteiger partial charge in [-0.25, -0.2) is 0 Å². The number of aryl methyl sites for hydroxylation is 2. The smallest absolute Gasteiger partial charge is 0.0450 e. The highest BCUT2D eigenvalue weighted by molar-refractivity contribution is 5.57. The van der Waals surface area contributed by atoms with E-state index in [-0.39, 0.29) is 0 Å². The number of pyridine rings is 1. The third-order valence-corrected chi connectivity index (χ3v) is 4.06. The first kappa shape index (κ1) is 13.3. The van der Waals surface area contributed by atoms with E-state index in [9.17, 15) is 0 Å². The number of hydrogen-bond acceptors (Lipinski definition) is 3. The molecule has 2 rings (SSSR count). The lowest BCUT2D eigenvalue weighted by molar-refractivity contribution is 0.616. The van der Waals surface area contributed by atoms with Crippen LogP contribution < -0.4 is 10.6 Å². The van der Waals surface area contributed by atoms with E-state index in [2.05, 4.69) is 36.7 Å². The van der Waals surface area contributed by atoms with Crippen LogP contribution in [-0.4, -0.2) is 17.6 Å². The molecule has 0 amide bonds. The SMILES string of the molecule is CCN(c1cc(C)nc(C)c1CN)C1CCCC1. The molecule has 0 unspecified atom stereocenters. The Kier molecular flexibility index (Phi) is 4.23. The van der Waals surface area contributed by atoms with E-state index < -0.39 is 0 Å². The zero-order chi connectivity index (χ0) is 13.1. The maximum atomic E-state index is 5.93. The Hall–Kier alpha value is -1.09. The molecule has 0 spiro atoms. The van der Waals surface area contributed by atoms with Crippen LogP contribution in [-0.2, 0) is 6.54 Å². The number of hydrogen-bond donors (Lipinski definition) is 1. The van der Waals surface area contributed by atoms with Crippen LogP contribution in [0.4, 0.5) is 5.69 Å². The molecule has 0 aliphatic heterocycles. The fourth-order valence-electron chi connectivity index (χ4n) is 3.18. The lowest BCUT2D eigenvalue weighted by Gasteiger charge is -2.32. The van der Waals surface area contributed by atoms with Crippen LogP contribution in [0.15, 0.2) is 6.07 Å². The van der Waals surface area contributed by atoms with Gasteiger partial charge in [0.05, 0.1) is 0 Å². The zero-order valence-corrected chi connectivity index (χ0v) is 11.9. The lowest BCUT2D eigenvalue weighted by atomic mass is 10.1. The van der Waals surface area contributed by atoms with Gasteiger partial charge in [-0.2, -0.15) is 0 Å². The summed E-state index contributed by atoms with van der Waals surface area (Å²) in [7, 11) is 0. The second-order valence-electron chi connectivity index (χ2n) is 5.28. The maximum absolute atomic E-state index is 5.93. The molecule has 3 nitrogen and oxygen atoms in total. The number of nitrogens with zero attached hydrogens (tertiary/aromatic N) is 2. The van der Waals surface area contributed by atoms with E-state index in [0.717, 1.165) is 17.9 Å². The molecule has 1 fully saturated rings. The molecule has 0 atom stereocenters. The number of rotatable bonds is 4. The molecule has 18 heavy (non-hydrogen) atoms. The molecule has 1 aromatic rings. The van der Waals surface area contributed by atoms with Gasteiger partial charge in [-0.3, -0.25) is 4.98 Å². The van der Waals surface area contributed by atoms with Crippen LogP contribution in [0.3, 0.4) is 0 Å². The van der Waals surface area contributed by atoms with E-state index in [1.807, 2.05) is 0 Å². The molecule has 0 saturated heterocycles. The predicted octanol–water partition coefficient (Wildman–Crippen LogP) is 2.93. The first-order valence-electron chi connectivity index (χ1n) is 7.11. The Morgan fingerprint density at radius 2 is 2.00 bits per heavy atom. The summed E-state index contributed by atoms with van der Waals surface area (Å²) in [4.78, 5) is 7.08. The fourth-order valence-corrected chi connectivity index (χ4v) is 3.18. The molecule has 1 saturated carbocycles. The summed E-state index contributed by atoms with van der Waals surface area (Å²) in [5, 5.41) is 0. The molecule has 1 aliphatic carbocycles. The minimum absolute atomic E-state index is 0.581. The quantitative estimate of drug-likeness (QED) is 0.889. The van der Waals surface area contributed by atoms with Gasteiger partial charge in [-0.15, -0.1) is 0 Å². The Balaban J connectivity index is 2.39. The van der Waals surface area contributed by atoms with Crippen LogP contribution in [0.2, 0.25) is 0 Å². The number of nitrogens with two attached hydrogens (primary N) is 1. The van der Waals surface area contributed by atoms with Crippen molar-refractivity contribution in [1.82, 2.24) is 4.98 Å². The molecule has 100 valence electrons. The summed E-state index contributed by atoms with van der Waals surface area (Å²) in [6, 6.07) is 2.90. The zero-order valence-electron chi connectivity index (χ0n) is 11.9. The van der Waals surface area contributed by atoms with Gasteiger partial charge in [-0.1, -0.05) is 12.8 Å². The molecule has 3 heteroatoms. The summed E-state index contributed by atoms with van der Waals surface area (Å²) >= 11 is 0. The van der Waals surface area contributed by atoms with Crippen molar-refractivity contribution in [2.24, 2.45) is 5.73 Å². The Morgan fingerprint density at radius 3 is 2.56 bits per heavy atom. The van der Waals surface area contributed by atoms with Crippen molar-refractivity contribution >= 4 is 5.69 Å². The first-order chi connectivity index (χ1) is 8.67. The second kappa shape index (κ2) is 5.70. The van der Waals surface area contributed by atoms with Gasteiger partial charge in [0.25, 0.3) is 0 Å². The molecule has 1 aliphatic rings. The monoisotopic (exact) mass is 247 g/mol. The Labute approximate surface area is 110 Å². The van der Waals surface area contributed by atoms with Crippen LogP contribution in [0.1, 0.15) is 49.6 Å². The average molecular weight is 247 g/mol. The molecule has 1 aromatic heterocycles. The van der Waals surface area contributed by atoms with Crippen LogP contribution in [0, 0.1) is 13.8 Å². The first-order valence-corrected chi connectivity index (χ1v) is 7.11. The van der Waals surface area contributed by atoms with E-state index in [4.69, 9.17) is 5.73 Å². The van der Waals surface area contributed by atoms with Gasteiger partial charge >= 0.3 is 0 Å². The Morgan fingerprint density at radius 1 is 1.33 bits per heavy atom. The average Bonchev–Trinajstić information content (AvgIpc) is 2.83. The van der Waals surface area contributed by atoms with Crippen LogP contribution >= 0.6 is 0 Å². The Bertz CT molecular complexity index is 408. The summed E-state index contributed by atoms with van der Waals surface area (Å²) < 4.78 is 0. The van der Waals surface area contributed by atoms with Crippen molar-refractivity contribution in [2.45, 2.75) is 59.0 Å². The summed E-state index contributed by atoms with van der Waals surface area (Å²) in [5.41, 5.74) is 10.6. The lowest BCUT2D eigenvalue weighted by Crippen LogP contribution is -2.34. The topological polar surface area (TPSA) is 42.2 Å². The van der Waals surface area contributed by atoms with E-state index in [1.165, 1.54) is 36.9 Å². The summed E-state index contributed by atoms with van der Waals surface area (Å²) in [5.74, 6) is 0. The van der Waals surface area contributed by atoms with Crippen molar-refractivity contribution in [3.63, 3.8) is 0 Å². The normalized spacial score (nSPS) is 16.2. The summed E-state index contributed by atoms with van der Waals surface area (Å²) in [6.07, 6.45) is 5.36. The minimum Gasteiger partial charge on any atom is -0.368 e. The third kappa shape index (κ3) is 2.51. The van der Waals surface area contributed by atoms with Crippen molar-refractivity contribution < 1.29 is 0 Å². The van der Waals surface area contributed by atoms with Gasteiger partial charge < -0.3 is 10.6 Å². The molecular weight excluding hydrogens is 222 g/mol. The molecule has 0 aromatic carbocycles. The molecule has 1 heterocycles. The third-order valence-electron chi connectivity index (χ3n) is 4.06. The number of aromatic nitrogens is 1. The van der Waals surface area contributed by atoms with E-state index in [1.54, 1.807) is 0 Å².